The summed E-state index contributed by atoms with van der Waals surface area (Å²) in [7, 11) is 1.34. The normalized spacial score (nSPS) is 18.1. The Bertz CT molecular complexity index is 515. The summed E-state index contributed by atoms with van der Waals surface area (Å²) in [5, 5.41) is 0.721. The summed E-state index contributed by atoms with van der Waals surface area (Å²) >= 11 is 5.91. The SMILES string of the molecule is COC(=O)CCC(=O)N1CCCCC1Cc1ccc(Cl)cc1. The van der Waals surface area contributed by atoms with Gasteiger partial charge < -0.3 is 9.64 Å². The quantitative estimate of drug-likeness (QED) is 0.782. The molecule has 1 heterocycles. The molecule has 1 saturated heterocycles. The number of methoxy groups -OCH3 is 1. The van der Waals surface area contributed by atoms with Crippen LogP contribution >= 0.6 is 11.6 Å². The molecule has 5 heteroatoms. The second-order valence-corrected chi connectivity index (χ2v) is 6.08. The fourth-order valence-corrected chi connectivity index (χ4v) is 3.01. The average molecular weight is 324 g/mol. The molecule has 0 saturated carbocycles. The van der Waals surface area contributed by atoms with Crippen molar-refractivity contribution in [1.82, 2.24) is 4.90 Å². The lowest BCUT2D eigenvalue weighted by Gasteiger charge is -2.36. The summed E-state index contributed by atoms with van der Waals surface area (Å²) in [5.74, 6) is -0.288. The Morgan fingerprint density at radius 2 is 1.95 bits per heavy atom. The molecule has 4 nitrogen and oxygen atoms in total. The van der Waals surface area contributed by atoms with Crippen molar-refractivity contribution < 1.29 is 14.3 Å². The van der Waals surface area contributed by atoms with Crippen LogP contribution in [0.1, 0.15) is 37.7 Å². The van der Waals surface area contributed by atoms with E-state index in [1.807, 2.05) is 29.2 Å². The first kappa shape index (κ1) is 16.8. The third-order valence-corrected chi connectivity index (χ3v) is 4.35. The summed E-state index contributed by atoms with van der Waals surface area (Å²) in [6, 6.07) is 7.98. The van der Waals surface area contributed by atoms with Gasteiger partial charge in [-0.05, 0) is 43.4 Å². The van der Waals surface area contributed by atoms with Crippen LogP contribution in [0.15, 0.2) is 24.3 Å². The van der Waals surface area contributed by atoms with E-state index >= 15 is 0 Å². The smallest absolute Gasteiger partial charge is 0.306 e. The van der Waals surface area contributed by atoms with Crippen LogP contribution in [0, 0.1) is 0 Å². The maximum atomic E-state index is 12.4. The molecule has 0 aromatic heterocycles. The number of benzene rings is 1. The molecule has 1 aromatic rings. The van der Waals surface area contributed by atoms with Gasteiger partial charge in [0.05, 0.1) is 13.5 Å². The fraction of sp³-hybridized carbons (Fsp3) is 0.529. The minimum absolute atomic E-state index is 0.0454. The fourth-order valence-electron chi connectivity index (χ4n) is 2.89. The monoisotopic (exact) mass is 323 g/mol. The van der Waals surface area contributed by atoms with Crippen LogP contribution in [-0.4, -0.2) is 36.5 Å². The summed E-state index contributed by atoms with van der Waals surface area (Å²) < 4.78 is 4.60. The molecule has 0 spiro atoms. The van der Waals surface area contributed by atoms with Gasteiger partial charge in [0.2, 0.25) is 5.91 Å². The van der Waals surface area contributed by atoms with E-state index in [-0.39, 0.29) is 30.8 Å². The van der Waals surface area contributed by atoms with Crippen molar-refractivity contribution in [3.63, 3.8) is 0 Å². The topological polar surface area (TPSA) is 46.6 Å². The Kier molecular flexibility index (Phi) is 6.25. The van der Waals surface area contributed by atoms with Crippen molar-refractivity contribution in [2.75, 3.05) is 13.7 Å². The largest absolute Gasteiger partial charge is 0.469 e. The highest BCUT2D eigenvalue weighted by atomic mass is 35.5. The second kappa shape index (κ2) is 8.18. The predicted octanol–water partition coefficient (Wildman–Crippen LogP) is 3.22. The number of esters is 1. The van der Waals surface area contributed by atoms with Gasteiger partial charge >= 0.3 is 5.97 Å². The summed E-state index contributed by atoms with van der Waals surface area (Å²) in [4.78, 5) is 25.5. The van der Waals surface area contributed by atoms with Crippen molar-refractivity contribution in [3.05, 3.63) is 34.9 Å². The number of carbonyl (C=O) groups is 2. The molecule has 120 valence electrons. The standard InChI is InChI=1S/C17H22ClNO3/c1-22-17(21)10-9-16(20)19-11-3-2-4-15(19)12-13-5-7-14(18)8-6-13/h5-8,15H,2-4,9-12H2,1H3. The molecule has 1 aliphatic rings. The number of carbonyl (C=O) groups excluding carboxylic acids is 2. The van der Waals surface area contributed by atoms with Crippen molar-refractivity contribution in [2.45, 2.75) is 44.6 Å². The zero-order chi connectivity index (χ0) is 15.9. The molecule has 22 heavy (non-hydrogen) atoms. The van der Waals surface area contributed by atoms with E-state index in [2.05, 4.69) is 4.74 Å². The Labute approximate surface area is 136 Å². The van der Waals surface area contributed by atoms with Crippen LogP contribution in [0.2, 0.25) is 5.02 Å². The molecule has 1 atom stereocenters. The van der Waals surface area contributed by atoms with Crippen LogP contribution in [-0.2, 0) is 20.7 Å². The van der Waals surface area contributed by atoms with E-state index in [1.54, 1.807) is 0 Å². The Balaban J connectivity index is 1.96. The zero-order valence-electron chi connectivity index (χ0n) is 12.9. The van der Waals surface area contributed by atoms with E-state index in [1.165, 1.54) is 12.7 Å². The number of ether oxygens (including phenoxy) is 1. The van der Waals surface area contributed by atoms with E-state index in [0.29, 0.717) is 0 Å². The number of rotatable bonds is 5. The number of amides is 1. The van der Waals surface area contributed by atoms with Crippen molar-refractivity contribution in [1.29, 1.82) is 0 Å². The molecule has 1 aliphatic heterocycles. The second-order valence-electron chi connectivity index (χ2n) is 5.64. The maximum Gasteiger partial charge on any atom is 0.306 e. The van der Waals surface area contributed by atoms with Gasteiger partial charge in [0.1, 0.15) is 0 Å². The molecule has 1 amide bonds. The molecule has 2 rings (SSSR count). The van der Waals surface area contributed by atoms with Crippen LogP contribution in [0.25, 0.3) is 0 Å². The Morgan fingerprint density at radius 1 is 1.23 bits per heavy atom. The van der Waals surface area contributed by atoms with Crippen molar-refractivity contribution in [3.8, 4) is 0 Å². The number of likely N-dealkylation sites (tertiary alicyclic amines) is 1. The Hall–Kier alpha value is -1.55. The van der Waals surface area contributed by atoms with E-state index in [9.17, 15) is 9.59 Å². The lowest BCUT2D eigenvalue weighted by molar-refractivity contribution is -0.144. The third kappa shape index (κ3) is 4.73. The zero-order valence-corrected chi connectivity index (χ0v) is 13.6. The predicted molar refractivity (Wildman–Crippen MR) is 85.8 cm³/mol. The molecular formula is C17H22ClNO3. The number of nitrogens with zero attached hydrogens (tertiary/aromatic N) is 1. The molecule has 0 N–H and O–H groups in total. The van der Waals surface area contributed by atoms with Crippen molar-refractivity contribution >= 4 is 23.5 Å². The van der Waals surface area contributed by atoms with E-state index in [4.69, 9.17) is 11.6 Å². The lowest BCUT2D eigenvalue weighted by atomic mass is 9.95. The van der Waals surface area contributed by atoms with Gasteiger partial charge in [-0.3, -0.25) is 9.59 Å². The Morgan fingerprint density at radius 3 is 2.64 bits per heavy atom. The van der Waals surface area contributed by atoms with Crippen LogP contribution in [0.3, 0.4) is 0 Å². The van der Waals surface area contributed by atoms with Crippen LogP contribution in [0.4, 0.5) is 0 Å². The molecule has 1 fully saturated rings. The van der Waals surface area contributed by atoms with Gasteiger partial charge in [0.15, 0.2) is 0 Å². The lowest BCUT2D eigenvalue weighted by Crippen LogP contribution is -2.45. The van der Waals surface area contributed by atoms with Gasteiger partial charge in [-0.2, -0.15) is 0 Å². The first-order valence-electron chi connectivity index (χ1n) is 7.71. The highest BCUT2D eigenvalue weighted by molar-refractivity contribution is 6.30. The first-order chi connectivity index (χ1) is 10.6. The summed E-state index contributed by atoms with van der Waals surface area (Å²) in [5.41, 5.74) is 1.18. The minimum atomic E-state index is -0.334. The van der Waals surface area contributed by atoms with Crippen LogP contribution in [0.5, 0.6) is 0 Å². The van der Waals surface area contributed by atoms with Gasteiger partial charge in [-0.1, -0.05) is 23.7 Å². The van der Waals surface area contributed by atoms with Gasteiger partial charge in [0, 0.05) is 24.0 Å². The highest BCUT2D eigenvalue weighted by Gasteiger charge is 2.26. The molecule has 1 unspecified atom stereocenters. The van der Waals surface area contributed by atoms with Gasteiger partial charge in [0.25, 0.3) is 0 Å². The third-order valence-electron chi connectivity index (χ3n) is 4.10. The van der Waals surface area contributed by atoms with E-state index < -0.39 is 0 Å². The molecular weight excluding hydrogens is 302 g/mol. The molecule has 0 bridgehead atoms. The number of piperidine rings is 1. The first-order valence-corrected chi connectivity index (χ1v) is 8.08. The van der Waals surface area contributed by atoms with Gasteiger partial charge in [-0.15, -0.1) is 0 Å². The molecule has 0 aliphatic carbocycles. The maximum absolute atomic E-state index is 12.4. The van der Waals surface area contributed by atoms with E-state index in [0.717, 1.165) is 37.3 Å². The minimum Gasteiger partial charge on any atom is -0.469 e. The van der Waals surface area contributed by atoms with Crippen LogP contribution < -0.4 is 0 Å². The number of hydrogen-bond acceptors (Lipinski definition) is 3. The molecule has 1 aromatic carbocycles. The van der Waals surface area contributed by atoms with Crippen molar-refractivity contribution in [2.24, 2.45) is 0 Å². The summed E-state index contributed by atoms with van der Waals surface area (Å²) in [6.45, 7) is 0.776. The number of hydrogen-bond donors (Lipinski definition) is 0. The summed E-state index contributed by atoms with van der Waals surface area (Å²) in [6.07, 6.45) is 4.39. The average Bonchev–Trinajstić information content (AvgIpc) is 2.55. The highest BCUT2D eigenvalue weighted by Crippen LogP contribution is 2.22. The van der Waals surface area contributed by atoms with Gasteiger partial charge in [-0.25, -0.2) is 0 Å². The number of halogens is 1. The molecule has 0 radical (unpaired) electrons.